The lowest BCUT2D eigenvalue weighted by molar-refractivity contribution is 0.0691. The molecule has 4 nitrogen and oxygen atoms in total. The van der Waals surface area contributed by atoms with Crippen molar-refractivity contribution in [2.45, 2.75) is 45.7 Å². The minimum absolute atomic E-state index is 0.172. The van der Waals surface area contributed by atoms with Gasteiger partial charge in [0.1, 0.15) is 5.56 Å². The standard InChI is InChI=1S/C13H17BrN2O2/c1-7-4-5-8(2)16(7)13(18)10-6-15-9(3)11(14)12(10)17/h6-8H,4-5H2,1-3H3,(H,15,17)/t7-,8-/m1/s1. The van der Waals surface area contributed by atoms with Gasteiger partial charge >= 0.3 is 0 Å². The average Bonchev–Trinajstić information content (AvgIpc) is 2.65. The number of aryl methyl sites for hydroxylation is 1. The number of pyridine rings is 1. The Kier molecular flexibility index (Phi) is 3.61. The van der Waals surface area contributed by atoms with Crippen LogP contribution in [0.15, 0.2) is 15.5 Å². The van der Waals surface area contributed by atoms with Gasteiger partial charge in [0, 0.05) is 24.0 Å². The van der Waals surface area contributed by atoms with Crippen molar-refractivity contribution >= 4 is 21.8 Å². The predicted octanol–water partition coefficient (Wildman–Crippen LogP) is 2.46. The lowest BCUT2D eigenvalue weighted by atomic mass is 10.2. The van der Waals surface area contributed by atoms with Crippen molar-refractivity contribution in [3.05, 3.63) is 32.2 Å². The molecule has 5 heteroatoms. The number of hydrogen-bond donors (Lipinski definition) is 1. The number of carbonyl (C=O) groups is 1. The number of amides is 1. The van der Waals surface area contributed by atoms with Crippen LogP contribution in [-0.4, -0.2) is 27.9 Å². The summed E-state index contributed by atoms with van der Waals surface area (Å²) in [5.74, 6) is -0.172. The maximum atomic E-state index is 12.4. The number of H-pyrrole nitrogens is 1. The van der Waals surface area contributed by atoms with Crippen LogP contribution in [0.2, 0.25) is 0 Å². The third-order valence-electron chi connectivity index (χ3n) is 3.62. The Morgan fingerprint density at radius 3 is 2.50 bits per heavy atom. The van der Waals surface area contributed by atoms with Crippen LogP contribution in [0.3, 0.4) is 0 Å². The van der Waals surface area contributed by atoms with Crippen LogP contribution < -0.4 is 5.43 Å². The lowest BCUT2D eigenvalue weighted by Crippen LogP contribution is -2.40. The number of rotatable bonds is 1. The molecule has 98 valence electrons. The maximum absolute atomic E-state index is 12.4. The van der Waals surface area contributed by atoms with E-state index in [1.54, 1.807) is 6.92 Å². The lowest BCUT2D eigenvalue weighted by Gasteiger charge is -2.26. The zero-order valence-electron chi connectivity index (χ0n) is 10.8. The van der Waals surface area contributed by atoms with Crippen molar-refractivity contribution in [2.24, 2.45) is 0 Å². The van der Waals surface area contributed by atoms with Crippen molar-refractivity contribution in [3.63, 3.8) is 0 Å². The van der Waals surface area contributed by atoms with Crippen LogP contribution in [0.4, 0.5) is 0 Å². The van der Waals surface area contributed by atoms with Gasteiger partial charge in [-0.1, -0.05) is 0 Å². The third kappa shape index (κ3) is 2.11. The van der Waals surface area contributed by atoms with Gasteiger partial charge in [-0.25, -0.2) is 0 Å². The molecule has 1 saturated heterocycles. The average molecular weight is 313 g/mol. The van der Waals surface area contributed by atoms with Gasteiger partial charge in [-0.15, -0.1) is 0 Å². The highest BCUT2D eigenvalue weighted by molar-refractivity contribution is 9.10. The molecular formula is C13H17BrN2O2. The molecule has 0 saturated carbocycles. The summed E-state index contributed by atoms with van der Waals surface area (Å²) in [7, 11) is 0. The SMILES string of the molecule is Cc1[nH]cc(C(=O)N2[C@H](C)CC[C@H]2C)c(=O)c1Br. The Labute approximate surface area is 115 Å². The Morgan fingerprint density at radius 1 is 1.39 bits per heavy atom. The van der Waals surface area contributed by atoms with Crippen LogP contribution in [0, 0.1) is 6.92 Å². The van der Waals surface area contributed by atoms with E-state index in [4.69, 9.17) is 0 Å². The summed E-state index contributed by atoms with van der Waals surface area (Å²) in [4.78, 5) is 29.3. The summed E-state index contributed by atoms with van der Waals surface area (Å²) in [6.45, 7) is 5.85. The topological polar surface area (TPSA) is 53.2 Å². The van der Waals surface area contributed by atoms with Gasteiger partial charge in [-0.3, -0.25) is 9.59 Å². The smallest absolute Gasteiger partial charge is 0.259 e. The highest BCUT2D eigenvalue weighted by Gasteiger charge is 2.33. The van der Waals surface area contributed by atoms with Crippen molar-refractivity contribution in [2.75, 3.05) is 0 Å². The van der Waals surface area contributed by atoms with E-state index in [0.717, 1.165) is 18.5 Å². The molecule has 1 N–H and O–H groups in total. The second-order valence-corrected chi connectivity index (χ2v) is 5.75. The van der Waals surface area contributed by atoms with Crippen LogP contribution in [0.1, 0.15) is 42.7 Å². The quantitative estimate of drug-likeness (QED) is 0.866. The zero-order chi connectivity index (χ0) is 13.4. The first-order chi connectivity index (χ1) is 8.43. The van der Waals surface area contributed by atoms with Crippen molar-refractivity contribution in [1.29, 1.82) is 0 Å². The summed E-state index contributed by atoms with van der Waals surface area (Å²) in [5, 5.41) is 0. The van der Waals surface area contributed by atoms with Gasteiger partial charge in [-0.2, -0.15) is 0 Å². The second kappa shape index (κ2) is 4.88. The van der Waals surface area contributed by atoms with Crippen LogP contribution in [0.5, 0.6) is 0 Å². The van der Waals surface area contributed by atoms with E-state index < -0.39 is 0 Å². The molecule has 0 aliphatic carbocycles. The molecule has 1 aliphatic rings. The highest BCUT2D eigenvalue weighted by atomic mass is 79.9. The normalized spacial score (nSPS) is 23.4. The zero-order valence-corrected chi connectivity index (χ0v) is 12.4. The molecule has 1 fully saturated rings. The van der Waals surface area contributed by atoms with E-state index in [0.29, 0.717) is 4.47 Å². The number of aromatic nitrogens is 1. The van der Waals surface area contributed by atoms with E-state index in [1.165, 1.54) is 6.20 Å². The molecule has 2 atom stereocenters. The molecule has 0 aromatic carbocycles. The van der Waals surface area contributed by atoms with E-state index in [9.17, 15) is 9.59 Å². The van der Waals surface area contributed by atoms with Crippen LogP contribution in [-0.2, 0) is 0 Å². The van der Waals surface area contributed by atoms with Crippen LogP contribution >= 0.6 is 15.9 Å². The summed E-state index contributed by atoms with van der Waals surface area (Å²) in [6.07, 6.45) is 3.51. The van der Waals surface area contributed by atoms with E-state index in [-0.39, 0.29) is 29.0 Å². The molecule has 0 spiro atoms. The number of aromatic amines is 1. The van der Waals surface area contributed by atoms with E-state index >= 15 is 0 Å². The van der Waals surface area contributed by atoms with Crippen molar-refractivity contribution in [3.8, 4) is 0 Å². The van der Waals surface area contributed by atoms with Gasteiger partial charge in [-0.05, 0) is 49.5 Å². The number of carbonyl (C=O) groups excluding carboxylic acids is 1. The first-order valence-corrected chi connectivity index (χ1v) is 6.93. The Balaban J connectivity index is 2.41. The molecule has 1 aliphatic heterocycles. The minimum atomic E-state index is -0.234. The molecule has 1 amide bonds. The van der Waals surface area contributed by atoms with Gasteiger partial charge in [0.15, 0.2) is 0 Å². The molecule has 0 radical (unpaired) electrons. The van der Waals surface area contributed by atoms with E-state index in [2.05, 4.69) is 20.9 Å². The molecule has 18 heavy (non-hydrogen) atoms. The molecule has 1 aromatic rings. The van der Waals surface area contributed by atoms with E-state index in [1.807, 2.05) is 18.7 Å². The molecule has 1 aromatic heterocycles. The minimum Gasteiger partial charge on any atom is -0.363 e. The fourth-order valence-corrected chi connectivity index (χ4v) is 2.82. The largest absolute Gasteiger partial charge is 0.363 e. The monoisotopic (exact) mass is 312 g/mol. The van der Waals surface area contributed by atoms with Gasteiger partial charge in [0.05, 0.1) is 4.47 Å². The number of hydrogen-bond acceptors (Lipinski definition) is 2. The predicted molar refractivity (Wildman–Crippen MR) is 73.8 cm³/mol. The number of likely N-dealkylation sites (tertiary alicyclic amines) is 1. The summed E-state index contributed by atoms with van der Waals surface area (Å²) in [6, 6.07) is 0.402. The summed E-state index contributed by atoms with van der Waals surface area (Å²) >= 11 is 3.22. The number of nitrogens with zero attached hydrogens (tertiary/aromatic N) is 1. The fraction of sp³-hybridized carbons (Fsp3) is 0.538. The molecule has 2 rings (SSSR count). The third-order valence-corrected chi connectivity index (χ3v) is 4.58. The fourth-order valence-electron chi connectivity index (χ4n) is 2.49. The number of halogens is 1. The number of nitrogens with one attached hydrogen (secondary N) is 1. The van der Waals surface area contributed by atoms with Gasteiger partial charge < -0.3 is 9.88 Å². The first kappa shape index (κ1) is 13.3. The van der Waals surface area contributed by atoms with Gasteiger partial charge in [0.25, 0.3) is 5.91 Å². The van der Waals surface area contributed by atoms with Gasteiger partial charge in [0.2, 0.25) is 5.43 Å². The molecule has 2 heterocycles. The van der Waals surface area contributed by atoms with Crippen LogP contribution in [0.25, 0.3) is 0 Å². The molecule has 0 bridgehead atoms. The Morgan fingerprint density at radius 2 is 1.94 bits per heavy atom. The maximum Gasteiger partial charge on any atom is 0.259 e. The molecule has 0 unspecified atom stereocenters. The highest BCUT2D eigenvalue weighted by Crippen LogP contribution is 2.25. The first-order valence-electron chi connectivity index (χ1n) is 6.14. The second-order valence-electron chi connectivity index (χ2n) is 4.96. The molecular weight excluding hydrogens is 296 g/mol. The summed E-state index contributed by atoms with van der Waals surface area (Å²) in [5.41, 5.74) is 0.717. The van der Waals surface area contributed by atoms with Crippen molar-refractivity contribution < 1.29 is 4.79 Å². The Hall–Kier alpha value is -1.10. The Bertz CT molecular complexity index is 528. The summed E-state index contributed by atoms with van der Waals surface area (Å²) < 4.78 is 0.438. The van der Waals surface area contributed by atoms with Crippen molar-refractivity contribution in [1.82, 2.24) is 9.88 Å².